The number of carbonyl (C=O) groups excluding carboxylic acids is 1. The van der Waals surface area contributed by atoms with Crippen LogP contribution in [0.3, 0.4) is 0 Å². The van der Waals surface area contributed by atoms with Gasteiger partial charge in [-0.1, -0.05) is 52.7 Å². The molecule has 170 valence electrons. The number of benzene rings is 2. The fourth-order valence-electron chi connectivity index (χ4n) is 2.72. The van der Waals surface area contributed by atoms with Gasteiger partial charge in [-0.2, -0.15) is 5.26 Å². The lowest BCUT2D eigenvalue weighted by Crippen LogP contribution is -2.13. The van der Waals surface area contributed by atoms with Crippen LogP contribution in [0.25, 0.3) is 6.08 Å². The Morgan fingerprint density at radius 1 is 1.09 bits per heavy atom. The molecule has 0 atom stereocenters. The third-order valence-corrected chi connectivity index (χ3v) is 5.85. The van der Waals surface area contributed by atoms with Crippen LogP contribution < -0.4 is 14.8 Å². The summed E-state index contributed by atoms with van der Waals surface area (Å²) >= 11 is 4.71. The molecule has 7 nitrogen and oxygen atoms in total. The SMILES string of the molecule is CCCCc1nnc(NC(=O)/C(C#N)=C\c2ccc(OCCOc3ccc(Br)cc3)cc2)s1. The van der Waals surface area contributed by atoms with Crippen LogP contribution in [0.2, 0.25) is 0 Å². The van der Waals surface area contributed by atoms with E-state index in [-0.39, 0.29) is 5.57 Å². The van der Waals surface area contributed by atoms with E-state index in [1.807, 2.05) is 30.3 Å². The maximum atomic E-state index is 12.4. The highest BCUT2D eigenvalue weighted by Gasteiger charge is 2.13. The summed E-state index contributed by atoms with van der Waals surface area (Å²) in [6, 6.07) is 16.7. The smallest absolute Gasteiger partial charge is 0.268 e. The van der Waals surface area contributed by atoms with Gasteiger partial charge in [0.1, 0.15) is 41.4 Å². The van der Waals surface area contributed by atoms with Crippen molar-refractivity contribution in [1.29, 1.82) is 5.26 Å². The molecule has 0 radical (unpaired) electrons. The zero-order valence-electron chi connectivity index (χ0n) is 18.1. The molecule has 0 spiro atoms. The van der Waals surface area contributed by atoms with Gasteiger partial charge < -0.3 is 9.47 Å². The van der Waals surface area contributed by atoms with Crippen molar-refractivity contribution in [2.24, 2.45) is 0 Å². The second-order valence-electron chi connectivity index (χ2n) is 6.95. The van der Waals surface area contributed by atoms with E-state index in [1.54, 1.807) is 24.3 Å². The molecule has 0 aliphatic heterocycles. The number of rotatable bonds is 11. The van der Waals surface area contributed by atoms with Crippen molar-refractivity contribution in [2.45, 2.75) is 26.2 Å². The van der Waals surface area contributed by atoms with Crippen molar-refractivity contribution in [1.82, 2.24) is 10.2 Å². The maximum Gasteiger partial charge on any atom is 0.268 e. The number of hydrogen-bond donors (Lipinski definition) is 1. The molecule has 2 aromatic carbocycles. The summed E-state index contributed by atoms with van der Waals surface area (Å²) in [7, 11) is 0. The fourth-order valence-corrected chi connectivity index (χ4v) is 3.76. The van der Waals surface area contributed by atoms with E-state index in [9.17, 15) is 10.1 Å². The minimum atomic E-state index is -0.513. The van der Waals surface area contributed by atoms with E-state index in [1.165, 1.54) is 17.4 Å². The topological polar surface area (TPSA) is 97.1 Å². The molecule has 1 amide bonds. The number of unbranched alkanes of at least 4 members (excludes halogenated alkanes) is 1. The number of nitriles is 1. The molecule has 3 aromatic rings. The van der Waals surface area contributed by atoms with Crippen LogP contribution in [0.4, 0.5) is 5.13 Å². The number of aryl methyl sites for hydroxylation is 1. The first-order valence-electron chi connectivity index (χ1n) is 10.4. The molecular weight excluding hydrogens is 504 g/mol. The van der Waals surface area contributed by atoms with Gasteiger partial charge in [-0.3, -0.25) is 10.1 Å². The van der Waals surface area contributed by atoms with Crippen molar-refractivity contribution in [3.05, 3.63) is 69.1 Å². The molecule has 1 N–H and O–H groups in total. The number of anilines is 1. The van der Waals surface area contributed by atoms with E-state index < -0.39 is 5.91 Å². The summed E-state index contributed by atoms with van der Waals surface area (Å²) < 4.78 is 12.3. The predicted molar refractivity (Wildman–Crippen MR) is 132 cm³/mol. The molecule has 33 heavy (non-hydrogen) atoms. The molecule has 0 bridgehead atoms. The predicted octanol–water partition coefficient (Wildman–Crippen LogP) is 5.65. The Balaban J connectivity index is 1.50. The Kier molecular flexibility index (Phi) is 9.42. The van der Waals surface area contributed by atoms with Crippen LogP contribution in [0, 0.1) is 11.3 Å². The molecule has 3 rings (SSSR count). The molecule has 1 heterocycles. The summed E-state index contributed by atoms with van der Waals surface area (Å²) in [5.41, 5.74) is 0.693. The third-order valence-electron chi connectivity index (χ3n) is 4.42. The lowest BCUT2D eigenvalue weighted by Gasteiger charge is -2.08. The van der Waals surface area contributed by atoms with Gasteiger partial charge in [0.25, 0.3) is 5.91 Å². The molecule has 0 aliphatic carbocycles. The van der Waals surface area contributed by atoms with Gasteiger partial charge in [0.15, 0.2) is 0 Å². The standard InChI is InChI=1S/C24H23BrN4O3S/c1-2-3-4-22-28-29-24(33-22)27-23(30)18(16-26)15-17-5-9-20(10-6-17)31-13-14-32-21-11-7-19(25)8-12-21/h5-12,15H,2-4,13-14H2,1H3,(H,27,29,30)/b18-15-. The quantitative estimate of drug-likeness (QED) is 0.197. The Bertz CT molecular complexity index is 1120. The maximum absolute atomic E-state index is 12.4. The van der Waals surface area contributed by atoms with Gasteiger partial charge in [0.05, 0.1) is 0 Å². The Morgan fingerprint density at radius 3 is 2.33 bits per heavy atom. The zero-order valence-corrected chi connectivity index (χ0v) is 20.5. The monoisotopic (exact) mass is 526 g/mol. The largest absolute Gasteiger partial charge is 0.490 e. The molecule has 0 aliphatic rings. The summed E-state index contributed by atoms with van der Waals surface area (Å²) in [5.74, 6) is 0.930. The first kappa shape index (κ1) is 24.4. The van der Waals surface area contributed by atoms with Crippen LogP contribution in [0.1, 0.15) is 30.3 Å². The highest BCUT2D eigenvalue weighted by Crippen LogP contribution is 2.20. The van der Waals surface area contributed by atoms with Gasteiger partial charge >= 0.3 is 0 Å². The Labute approximate surface area is 205 Å². The third kappa shape index (κ3) is 8.00. The molecular formula is C24H23BrN4O3S. The first-order chi connectivity index (χ1) is 16.1. The van der Waals surface area contributed by atoms with E-state index in [0.29, 0.717) is 29.7 Å². The van der Waals surface area contributed by atoms with E-state index in [2.05, 4.69) is 38.4 Å². The van der Waals surface area contributed by atoms with Gasteiger partial charge in [-0.05, 0) is 54.5 Å². The molecule has 1 aromatic heterocycles. The lowest BCUT2D eigenvalue weighted by molar-refractivity contribution is -0.112. The van der Waals surface area contributed by atoms with Crippen molar-refractivity contribution in [3.8, 4) is 17.6 Å². The molecule has 0 saturated carbocycles. The minimum absolute atomic E-state index is 0.0168. The van der Waals surface area contributed by atoms with Gasteiger partial charge in [-0.25, -0.2) is 0 Å². The van der Waals surface area contributed by atoms with E-state index in [0.717, 1.165) is 34.5 Å². The van der Waals surface area contributed by atoms with Crippen LogP contribution >= 0.6 is 27.3 Å². The Hall–Kier alpha value is -3.22. The highest BCUT2D eigenvalue weighted by molar-refractivity contribution is 9.10. The number of amides is 1. The average molecular weight is 527 g/mol. The van der Waals surface area contributed by atoms with E-state index >= 15 is 0 Å². The number of ether oxygens (including phenoxy) is 2. The van der Waals surface area contributed by atoms with Gasteiger partial charge in [0.2, 0.25) is 5.13 Å². The minimum Gasteiger partial charge on any atom is -0.490 e. The van der Waals surface area contributed by atoms with E-state index in [4.69, 9.17) is 9.47 Å². The number of carbonyl (C=O) groups is 1. The molecule has 0 saturated heterocycles. The van der Waals surface area contributed by atoms with Gasteiger partial charge in [-0.15, -0.1) is 10.2 Å². The van der Waals surface area contributed by atoms with Crippen molar-refractivity contribution >= 4 is 44.4 Å². The fraction of sp³-hybridized carbons (Fsp3) is 0.250. The second-order valence-corrected chi connectivity index (χ2v) is 8.93. The average Bonchev–Trinajstić information content (AvgIpc) is 3.28. The summed E-state index contributed by atoms with van der Waals surface area (Å²) in [6.07, 6.45) is 4.43. The van der Waals surface area contributed by atoms with Crippen LogP contribution in [-0.2, 0) is 11.2 Å². The normalized spacial score (nSPS) is 11.0. The molecule has 9 heteroatoms. The molecule has 0 fully saturated rings. The highest BCUT2D eigenvalue weighted by atomic mass is 79.9. The second kappa shape index (κ2) is 12.7. The number of aromatic nitrogens is 2. The summed E-state index contributed by atoms with van der Waals surface area (Å²) in [4.78, 5) is 12.4. The van der Waals surface area contributed by atoms with Crippen molar-refractivity contribution in [2.75, 3.05) is 18.5 Å². The number of nitrogens with zero attached hydrogens (tertiary/aromatic N) is 3. The lowest BCUT2D eigenvalue weighted by atomic mass is 10.1. The first-order valence-corrected chi connectivity index (χ1v) is 12.0. The number of hydrogen-bond acceptors (Lipinski definition) is 7. The van der Waals surface area contributed by atoms with Crippen LogP contribution in [-0.4, -0.2) is 29.3 Å². The van der Waals surface area contributed by atoms with Crippen molar-refractivity contribution in [3.63, 3.8) is 0 Å². The summed E-state index contributed by atoms with van der Waals surface area (Å²) in [5, 5.41) is 21.4. The van der Waals surface area contributed by atoms with Crippen molar-refractivity contribution < 1.29 is 14.3 Å². The van der Waals surface area contributed by atoms with Gasteiger partial charge in [0, 0.05) is 10.9 Å². The van der Waals surface area contributed by atoms with Crippen LogP contribution in [0.5, 0.6) is 11.5 Å². The number of halogens is 1. The molecule has 0 unspecified atom stereocenters. The Morgan fingerprint density at radius 2 is 1.73 bits per heavy atom. The van der Waals surface area contributed by atoms with Crippen LogP contribution in [0.15, 0.2) is 58.6 Å². The summed E-state index contributed by atoms with van der Waals surface area (Å²) in [6.45, 7) is 2.90. The number of nitrogens with one attached hydrogen (secondary N) is 1. The zero-order chi connectivity index (χ0) is 23.5.